The molecule has 0 aliphatic carbocycles. The molecule has 0 saturated heterocycles. The van der Waals surface area contributed by atoms with Crippen molar-refractivity contribution in [2.75, 3.05) is 7.05 Å². The third kappa shape index (κ3) is 3.29. The first-order valence-corrected chi connectivity index (χ1v) is 8.02. The second-order valence-electron chi connectivity index (χ2n) is 4.64. The van der Waals surface area contributed by atoms with E-state index in [1.807, 2.05) is 0 Å². The highest BCUT2D eigenvalue weighted by atomic mass is 32.2. The van der Waals surface area contributed by atoms with Crippen LogP contribution in [-0.2, 0) is 16.6 Å². The van der Waals surface area contributed by atoms with Gasteiger partial charge in [0.2, 0.25) is 10.0 Å². The molecule has 0 atom stereocenters. The Morgan fingerprint density at radius 3 is 2.71 bits per heavy atom. The van der Waals surface area contributed by atoms with E-state index in [4.69, 9.17) is 18.0 Å². The van der Waals surface area contributed by atoms with Crippen LogP contribution in [0.25, 0.3) is 0 Å². The van der Waals surface area contributed by atoms with Gasteiger partial charge in [0.15, 0.2) is 0 Å². The van der Waals surface area contributed by atoms with E-state index in [0.29, 0.717) is 17.0 Å². The van der Waals surface area contributed by atoms with Crippen LogP contribution in [0.1, 0.15) is 17.0 Å². The lowest BCUT2D eigenvalue weighted by Crippen LogP contribution is -2.27. The summed E-state index contributed by atoms with van der Waals surface area (Å²) in [5.74, 6) is 0.582. The fourth-order valence-electron chi connectivity index (χ4n) is 1.94. The predicted molar refractivity (Wildman–Crippen MR) is 84.3 cm³/mol. The number of aromatic nitrogens is 2. The van der Waals surface area contributed by atoms with E-state index in [2.05, 4.69) is 9.97 Å². The van der Waals surface area contributed by atoms with Gasteiger partial charge in [-0.25, -0.2) is 13.4 Å². The summed E-state index contributed by atoms with van der Waals surface area (Å²) in [6.07, 6.45) is 3.23. The molecule has 6 nitrogen and oxygen atoms in total. The Labute approximate surface area is 129 Å². The topological polar surface area (TPSA) is 92.1 Å². The molecule has 1 aromatic heterocycles. The Morgan fingerprint density at radius 1 is 1.48 bits per heavy atom. The van der Waals surface area contributed by atoms with Crippen molar-refractivity contribution in [3.8, 4) is 0 Å². The zero-order valence-electron chi connectivity index (χ0n) is 11.7. The average Bonchev–Trinajstić information content (AvgIpc) is 2.90. The Kier molecular flexibility index (Phi) is 4.40. The minimum Gasteiger partial charge on any atom is -0.389 e. The van der Waals surface area contributed by atoms with Gasteiger partial charge < -0.3 is 10.7 Å². The molecule has 21 heavy (non-hydrogen) atoms. The fraction of sp³-hybridized carbons (Fsp3) is 0.231. The Bertz CT molecular complexity index is 754. The normalized spacial score (nSPS) is 11.8. The quantitative estimate of drug-likeness (QED) is 0.806. The van der Waals surface area contributed by atoms with Gasteiger partial charge in [0.25, 0.3) is 0 Å². The molecule has 0 aliphatic rings. The zero-order chi connectivity index (χ0) is 15.6. The average molecular weight is 324 g/mol. The highest BCUT2D eigenvalue weighted by Crippen LogP contribution is 2.21. The number of aromatic amines is 1. The lowest BCUT2D eigenvalue weighted by Gasteiger charge is -2.18. The van der Waals surface area contributed by atoms with Crippen LogP contribution in [0.2, 0.25) is 0 Å². The van der Waals surface area contributed by atoms with Gasteiger partial charge in [-0.1, -0.05) is 18.3 Å². The van der Waals surface area contributed by atoms with Crippen molar-refractivity contribution in [2.45, 2.75) is 18.4 Å². The second kappa shape index (κ2) is 5.92. The minimum absolute atomic E-state index is 0.172. The Balaban J connectivity index is 2.33. The number of nitrogens with one attached hydrogen (secondary N) is 1. The maximum atomic E-state index is 12.6. The van der Waals surface area contributed by atoms with E-state index in [1.165, 1.54) is 17.4 Å². The van der Waals surface area contributed by atoms with Crippen molar-refractivity contribution in [2.24, 2.45) is 5.73 Å². The van der Waals surface area contributed by atoms with Gasteiger partial charge >= 0.3 is 0 Å². The lowest BCUT2D eigenvalue weighted by atomic mass is 10.1. The molecule has 0 unspecified atom stereocenters. The number of benzene rings is 1. The van der Waals surface area contributed by atoms with Gasteiger partial charge in [-0.15, -0.1) is 0 Å². The summed E-state index contributed by atoms with van der Waals surface area (Å²) in [5, 5.41) is 0. The number of H-pyrrole nitrogens is 1. The summed E-state index contributed by atoms with van der Waals surface area (Å²) in [6, 6.07) is 4.82. The maximum Gasteiger partial charge on any atom is 0.243 e. The summed E-state index contributed by atoms with van der Waals surface area (Å²) >= 11 is 4.89. The number of nitrogens with two attached hydrogens (primary N) is 1. The number of aryl methyl sites for hydroxylation is 1. The molecule has 1 aromatic carbocycles. The molecule has 0 fully saturated rings. The summed E-state index contributed by atoms with van der Waals surface area (Å²) < 4.78 is 26.4. The molecular weight excluding hydrogens is 308 g/mol. The SMILES string of the molecule is Cc1cc(C(N)=S)ccc1S(=O)(=O)N(C)Cc1ncc[nH]1. The third-order valence-corrected chi connectivity index (χ3v) is 5.27. The number of hydrogen-bond acceptors (Lipinski definition) is 4. The summed E-state index contributed by atoms with van der Waals surface area (Å²) in [5.41, 5.74) is 6.80. The van der Waals surface area contributed by atoms with E-state index in [9.17, 15) is 8.42 Å². The van der Waals surface area contributed by atoms with Crippen molar-refractivity contribution in [1.29, 1.82) is 0 Å². The van der Waals surface area contributed by atoms with Gasteiger partial charge in [0.1, 0.15) is 10.8 Å². The zero-order valence-corrected chi connectivity index (χ0v) is 13.3. The van der Waals surface area contributed by atoms with Gasteiger partial charge in [-0.05, 0) is 24.6 Å². The molecule has 0 saturated carbocycles. The monoisotopic (exact) mass is 324 g/mol. The molecule has 2 aromatic rings. The van der Waals surface area contributed by atoms with Crippen LogP contribution in [-0.4, -0.2) is 34.7 Å². The van der Waals surface area contributed by atoms with E-state index < -0.39 is 10.0 Å². The van der Waals surface area contributed by atoms with Crippen LogP contribution < -0.4 is 5.73 Å². The molecule has 0 radical (unpaired) electrons. The molecule has 0 aliphatic heterocycles. The molecule has 1 heterocycles. The number of nitrogens with zero attached hydrogens (tertiary/aromatic N) is 2. The highest BCUT2D eigenvalue weighted by Gasteiger charge is 2.23. The number of imidazole rings is 1. The van der Waals surface area contributed by atoms with Gasteiger partial charge in [-0.3, -0.25) is 0 Å². The number of hydrogen-bond donors (Lipinski definition) is 2. The van der Waals surface area contributed by atoms with Crippen molar-refractivity contribution in [1.82, 2.24) is 14.3 Å². The number of rotatable bonds is 5. The van der Waals surface area contributed by atoms with Crippen molar-refractivity contribution >= 4 is 27.2 Å². The highest BCUT2D eigenvalue weighted by molar-refractivity contribution is 7.89. The fourth-order valence-corrected chi connectivity index (χ4v) is 3.40. The van der Waals surface area contributed by atoms with Crippen molar-refractivity contribution in [3.63, 3.8) is 0 Å². The summed E-state index contributed by atoms with van der Waals surface area (Å²) in [7, 11) is -2.09. The summed E-state index contributed by atoms with van der Waals surface area (Å²) in [6.45, 7) is 1.89. The van der Waals surface area contributed by atoms with Gasteiger partial charge in [-0.2, -0.15) is 4.31 Å². The largest absolute Gasteiger partial charge is 0.389 e. The summed E-state index contributed by atoms with van der Waals surface area (Å²) in [4.78, 5) is 7.38. The van der Waals surface area contributed by atoms with Crippen LogP contribution in [0.15, 0.2) is 35.5 Å². The Hall–Kier alpha value is -1.77. The van der Waals surface area contributed by atoms with Gasteiger partial charge in [0.05, 0.1) is 11.4 Å². The first-order valence-electron chi connectivity index (χ1n) is 6.17. The minimum atomic E-state index is -3.60. The molecular formula is C13H16N4O2S2. The van der Waals surface area contributed by atoms with E-state index in [1.54, 1.807) is 31.5 Å². The Morgan fingerprint density at radius 2 is 2.19 bits per heavy atom. The first-order chi connectivity index (χ1) is 9.82. The molecule has 3 N–H and O–H groups in total. The standard InChI is InChI=1S/C13H16N4O2S2/c1-9-7-10(13(14)20)3-4-11(9)21(18,19)17(2)8-12-15-5-6-16-12/h3-7H,8H2,1-2H3,(H2,14,20)(H,15,16). The number of thiocarbonyl (C=S) groups is 1. The molecule has 0 spiro atoms. The van der Waals surface area contributed by atoms with Crippen molar-refractivity contribution < 1.29 is 8.42 Å². The lowest BCUT2D eigenvalue weighted by molar-refractivity contribution is 0.457. The molecule has 2 rings (SSSR count). The van der Waals surface area contributed by atoms with E-state index in [0.717, 1.165) is 0 Å². The van der Waals surface area contributed by atoms with Gasteiger partial charge in [0, 0.05) is 25.0 Å². The molecule has 0 bridgehead atoms. The van der Waals surface area contributed by atoms with Crippen LogP contribution in [0.3, 0.4) is 0 Å². The van der Waals surface area contributed by atoms with Crippen molar-refractivity contribution in [3.05, 3.63) is 47.5 Å². The number of sulfonamides is 1. The first kappa shape index (κ1) is 15.6. The molecule has 8 heteroatoms. The second-order valence-corrected chi connectivity index (χ2v) is 7.09. The maximum absolute atomic E-state index is 12.6. The van der Waals surface area contributed by atoms with Crippen LogP contribution in [0.4, 0.5) is 0 Å². The van der Waals surface area contributed by atoms with Crippen LogP contribution in [0.5, 0.6) is 0 Å². The molecule has 0 amide bonds. The van der Waals surface area contributed by atoms with E-state index in [-0.39, 0.29) is 16.4 Å². The smallest absolute Gasteiger partial charge is 0.243 e. The van der Waals surface area contributed by atoms with Crippen LogP contribution >= 0.6 is 12.2 Å². The predicted octanol–water partition coefficient (Wildman–Crippen LogP) is 1.17. The third-order valence-electron chi connectivity index (χ3n) is 3.07. The van der Waals surface area contributed by atoms with Crippen LogP contribution in [0, 0.1) is 6.92 Å². The van der Waals surface area contributed by atoms with E-state index >= 15 is 0 Å². The molecule has 112 valence electrons.